The molecule has 1 aliphatic heterocycles. The minimum Gasteiger partial charge on any atom is -0.316 e. The van der Waals surface area contributed by atoms with E-state index in [1.165, 1.54) is 11.3 Å². The maximum Gasteiger partial charge on any atom is 0.226 e. The second kappa shape index (κ2) is 6.01. The van der Waals surface area contributed by atoms with Gasteiger partial charge < -0.3 is 10.6 Å². The van der Waals surface area contributed by atoms with Gasteiger partial charge in [0, 0.05) is 17.5 Å². The monoisotopic (exact) mass is 281 g/mol. The lowest BCUT2D eigenvalue weighted by atomic mass is 9.96. The summed E-state index contributed by atoms with van der Waals surface area (Å²) in [4.78, 5) is 17.3. The van der Waals surface area contributed by atoms with Crippen LogP contribution in [0.25, 0.3) is 0 Å². The van der Waals surface area contributed by atoms with E-state index in [9.17, 15) is 4.79 Å². The maximum absolute atomic E-state index is 11.9. The third-order valence-electron chi connectivity index (χ3n) is 3.43. The molecule has 1 unspecified atom stereocenters. The smallest absolute Gasteiger partial charge is 0.226 e. The summed E-state index contributed by atoms with van der Waals surface area (Å²) in [6, 6.07) is 0. The Morgan fingerprint density at radius 3 is 2.95 bits per heavy atom. The molecule has 2 heterocycles. The lowest BCUT2D eigenvalue weighted by Crippen LogP contribution is -2.14. The Balaban J connectivity index is 1.80. The number of hydrogen-bond acceptors (Lipinski definition) is 4. The van der Waals surface area contributed by atoms with Crippen LogP contribution in [0.1, 0.15) is 44.9 Å². The molecule has 1 fully saturated rings. The van der Waals surface area contributed by atoms with E-state index in [0.717, 1.165) is 24.6 Å². The van der Waals surface area contributed by atoms with Crippen LogP contribution in [-0.2, 0) is 10.2 Å². The lowest BCUT2D eigenvalue weighted by molar-refractivity contribution is -0.116. The molecule has 19 heavy (non-hydrogen) atoms. The molecule has 1 aromatic rings. The van der Waals surface area contributed by atoms with Crippen molar-refractivity contribution >= 4 is 22.4 Å². The predicted octanol–water partition coefficient (Wildman–Crippen LogP) is 2.77. The lowest BCUT2D eigenvalue weighted by Gasteiger charge is -2.14. The Morgan fingerprint density at radius 2 is 2.37 bits per heavy atom. The van der Waals surface area contributed by atoms with Gasteiger partial charge in [-0.1, -0.05) is 20.8 Å². The molecular formula is C14H23N3OS. The first kappa shape index (κ1) is 14.5. The largest absolute Gasteiger partial charge is 0.316 e. The molecule has 106 valence electrons. The molecule has 0 aromatic carbocycles. The number of hydrogen-bond donors (Lipinski definition) is 2. The van der Waals surface area contributed by atoms with Crippen LogP contribution >= 0.6 is 11.3 Å². The number of anilines is 1. The molecule has 1 aliphatic rings. The van der Waals surface area contributed by atoms with Gasteiger partial charge in [-0.25, -0.2) is 4.98 Å². The topological polar surface area (TPSA) is 54.0 Å². The summed E-state index contributed by atoms with van der Waals surface area (Å²) in [5.74, 6) is 0.744. The van der Waals surface area contributed by atoms with E-state index in [0.29, 0.717) is 12.3 Å². The summed E-state index contributed by atoms with van der Waals surface area (Å²) < 4.78 is 0. The number of nitrogens with one attached hydrogen (secondary N) is 2. The van der Waals surface area contributed by atoms with Crippen LogP contribution in [0.4, 0.5) is 5.13 Å². The van der Waals surface area contributed by atoms with Crippen molar-refractivity contribution in [2.45, 2.75) is 45.4 Å². The maximum atomic E-state index is 11.9. The zero-order valence-corrected chi connectivity index (χ0v) is 12.8. The molecule has 1 amide bonds. The summed E-state index contributed by atoms with van der Waals surface area (Å²) >= 11 is 1.57. The summed E-state index contributed by atoms with van der Waals surface area (Å²) in [6.45, 7) is 8.60. The van der Waals surface area contributed by atoms with Crippen molar-refractivity contribution in [3.05, 3.63) is 11.1 Å². The van der Waals surface area contributed by atoms with Crippen LogP contribution < -0.4 is 10.6 Å². The SMILES string of the molecule is CC(C)(C)c1cnc(NC(=O)CCC2CCNC2)s1. The summed E-state index contributed by atoms with van der Waals surface area (Å²) in [7, 11) is 0. The minimum absolute atomic E-state index is 0.0849. The van der Waals surface area contributed by atoms with Crippen molar-refractivity contribution in [2.75, 3.05) is 18.4 Å². The quantitative estimate of drug-likeness (QED) is 0.892. The average molecular weight is 281 g/mol. The van der Waals surface area contributed by atoms with E-state index >= 15 is 0 Å². The van der Waals surface area contributed by atoms with Gasteiger partial charge in [-0.2, -0.15) is 0 Å². The Labute approximate surface area is 119 Å². The first-order valence-corrected chi connectivity index (χ1v) is 7.73. The first-order valence-electron chi connectivity index (χ1n) is 6.92. The van der Waals surface area contributed by atoms with Crippen LogP contribution in [0.5, 0.6) is 0 Å². The molecule has 0 radical (unpaired) electrons. The van der Waals surface area contributed by atoms with Crippen molar-refractivity contribution in [3.8, 4) is 0 Å². The number of nitrogens with zero attached hydrogens (tertiary/aromatic N) is 1. The molecule has 2 rings (SSSR count). The zero-order chi connectivity index (χ0) is 13.9. The van der Waals surface area contributed by atoms with Gasteiger partial charge in [-0.05, 0) is 37.3 Å². The van der Waals surface area contributed by atoms with Crippen molar-refractivity contribution < 1.29 is 4.79 Å². The number of carbonyl (C=O) groups excluding carboxylic acids is 1. The van der Waals surface area contributed by atoms with E-state index in [1.54, 1.807) is 11.3 Å². The number of thiazole rings is 1. The van der Waals surface area contributed by atoms with Crippen molar-refractivity contribution in [1.29, 1.82) is 0 Å². The van der Waals surface area contributed by atoms with Crippen molar-refractivity contribution in [2.24, 2.45) is 5.92 Å². The first-order chi connectivity index (χ1) is 8.95. The Morgan fingerprint density at radius 1 is 1.58 bits per heavy atom. The second-order valence-electron chi connectivity index (χ2n) is 6.23. The molecule has 5 heteroatoms. The fraction of sp³-hybridized carbons (Fsp3) is 0.714. The molecule has 1 aromatic heterocycles. The summed E-state index contributed by atoms with van der Waals surface area (Å²) in [5, 5.41) is 6.95. The normalized spacial score (nSPS) is 19.6. The third kappa shape index (κ3) is 4.28. The Bertz CT molecular complexity index is 430. The van der Waals surface area contributed by atoms with E-state index in [1.807, 2.05) is 6.20 Å². The van der Waals surface area contributed by atoms with Gasteiger partial charge in [0.15, 0.2) is 5.13 Å². The fourth-order valence-electron chi connectivity index (χ4n) is 2.16. The van der Waals surface area contributed by atoms with Crippen LogP contribution in [0.15, 0.2) is 6.20 Å². The Kier molecular flexibility index (Phi) is 4.58. The average Bonchev–Trinajstić information content (AvgIpc) is 2.95. The van der Waals surface area contributed by atoms with Gasteiger partial charge in [0.25, 0.3) is 0 Å². The summed E-state index contributed by atoms with van der Waals surface area (Å²) in [6.07, 6.45) is 4.62. The highest BCUT2D eigenvalue weighted by molar-refractivity contribution is 7.15. The van der Waals surface area contributed by atoms with Gasteiger partial charge in [-0.15, -0.1) is 11.3 Å². The second-order valence-corrected chi connectivity index (χ2v) is 7.26. The predicted molar refractivity (Wildman–Crippen MR) is 79.7 cm³/mol. The van der Waals surface area contributed by atoms with Crippen molar-refractivity contribution in [1.82, 2.24) is 10.3 Å². The van der Waals surface area contributed by atoms with Gasteiger partial charge in [0.2, 0.25) is 5.91 Å². The summed E-state index contributed by atoms with van der Waals surface area (Å²) in [5.41, 5.74) is 0.0934. The standard InChI is InChI=1S/C14H23N3OS/c1-14(2,3)11-9-16-13(19-11)17-12(18)5-4-10-6-7-15-8-10/h9-10,15H,4-8H2,1-3H3,(H,16,17,18). The molecule has 2 N–H and O–H groups in total. The van der Waals surface area contributed by atoms with E-state index in [4.69, 9.17) is 0 Å². The van der Waals surface area contributed by atoms with Gasteiger partial charge in [0.05, 0.1) is 0 Å². The highest BCUT2D eigenvalue weighted by atomic mass is 32.1. The zero-order valence-electron chi connectivity index (χ0n) is 12.0. The van der Waals surface area contributed by atoms with Crippen LogP contribution in [0.2, 0.25) is 0 Å². The third-order valence-corrected chi connectivity index (χ3v) is 4.77. The number of amides is 1. The van der Waals surface area contributed by atoms with Gasteiger partial charge in [0.1, 0.15) is 0 Å². The molecular weight excluding hydrogens is 258 g/mol. The van der Waals surface area contributed by atoms with E-state index in [-0.39, 0.29) is 11.3 Å². The number of rotatable bonds is 4. The molecule has 0 spiro atoms. The molecule has 0 bridgehead atoms. The highest BCUT2D eigenvalue weighted by Crippen LogP contribution is 2.30. The minimum atomic E-state index is 0.0849. The highest BCUT2D eigenvalue weighted by Gasteiger charge is 2.19. The van der Waals surface area contributed by atoms with E-state index in [2.05, 4.69) is 36.4 Å². The molecule has 1 saturated heterocycles. The molecule has 0 saturated carbocycles. The molecule has 0 aliphatic carbocycles. The van der Waals surface area contributed by atoms with Gasteiger partial charge in [-0.3, -0.25) is 4.79 Å². The number of aromatic nitrogens is 1. The Hall–Kier alpha value is -0.940. The van der Waals surface area contributed by atoms with Crippen molar-refractivity contribution in [3.63, 3.8) is 0 Å². The van der Waals surface area contributed by atoms with Crippen LogP contribution in [0, 0.1) is 5.92 Å². The van der Waals surface area contributed by atoms with Gasteiger partial charge >= 0.3 is 0 Å². The van der Waals surface area contributed by atoms with E-state index < -0.39 is 0 Å². The molecule has 4 nitrogen and oxygen atoms in total. The fourth-order valence-corrected chi connectivity index (χ4v) is 3.05. The number of carbonyl (C=O) groups is 1. The van der Waals surface area contributed by atoms with Crippen LogP contribution in [-0.4, -0.2) is 24.0 Å². The molecule has 1 atom stereocenters. The van der Waals surface area contributed by atoms with Crippen LogP contribution in [0.3, 0.4) is 0 Å².